The van der Waals surface area contributed by atoms with E-state index in [0.717, 1.165) is 37.6 Å². The largest absolute Gasteiger partial charge is 0.335 e. The van der Waals surface area contributed by atoms with E-state index in [0.29, 0.717) is 6.42 Å². The Hall–Kier alpha value is -2.36. The summed E-state index contributed by atoms with van der Waals surface area (Å²) in [6.45, 7) is 5.38. The van der Waals surface area contributed by atoms with Crippen molar-refractivity contribution in [2.75, 3.05) is 31.1 Å². The highest BCUT2D eigenvalue weighted by atomic mass is 16.2. The quantitative estimate of drug-likeness (QED) is 0.864. The molecule has 1 saturated heterocycles. The second-order valence-corrected chi connectivity index (χ2v) is 5.72. The highest BCUT2D eigenvalue weighted by Gasteiger charge is 2.26. The summed E-state index contributed by atoms with van der Waals surface area (Å²) in [5.41, 5.74) is 2.32. The second kappa shape index (κ2) is 6.60. The molecule has 4 nitrogen and oxygen atoms in total. The first kappa shape index (κ1) is 14.6. The zero-order chi connectivity index (χ0) is 15.4. The number of H-pyrrole nitrogens is 1. The normalized spacial score (nSPS) is 15.0. The number of anilines is 1. The number of pyridine rings is 1. The zero-order valence-corrected chi connectivity index (χ0v) is 13.0. The van der Waals surface area contributed by atoms with Crippen LogP contribution in [0, 0.1) is 6.92 Å². The van der Waals surface area contributed by atoms with Gasteiger partial charge >= 0.3 is 0 Å². The Morgan fingerprint density at radius 2 is 1.77 bits per heavy atom. The van der Waals surface area contributed by atoms with Crippen LogP contribution in [0.5, 0.6) is 0 Å². The average molecular weight is 296 g/mol. The molecular formula is C18H22N3O+. The fourth-order valence-electron chi connectivity index (χ4n) is 2.86. The molecule has 2 aromatic rings. The van der Waals surface area contributed by atoms with Gasteiger partial charge in [-0.1, -0.05) is 30.3 Å². The third kappa shape index (κ3) is 3.27. The van der Waals surface area contributed by atoms with Gasteiger partial charge in [-0.05, 0) is 24.1 Å². The number of nitrogens with zero attached hydrogens (tertiary/aromatic N) is 2. The Morgan fingerprint density at radius 1 is 1.05 bits per heavy atom. The molecule has 0 spiro atoms. The topological polar surface area (TPSA) is 37.7 Å². The number of hydrogen-bond acceptors (Lipinski definition) is 2. The molecule has 0 aliphatic carbocycles. The van der Waals surface area contributed by atoms with Crippen molar-refractivity contribution in [1.29, 1.82) is 0 Å². The van der Waals surface area contributed by atoms with E-state index < -0.39 is 0 Å². The first-order valence-electron chi connectivity index (χ1n) is 7.78. The van der Waals surface area contributed by atoms with Gasteiger partial charge in [-0.25, -0.2) is 4.98 Å². The Bertz CT molecular complexity index is 634. The highest BCUT2D eigenvalue weighted by Crippen LogP contribution is 2.13. The van der Waals surface area contributed by atoms with Gasteiger partial charge in [-0.3, -0.25) is 9.69 Å². The van der Waals surface area contributed by atoms with Crippen LogP contribution in [0.2, 0.25) is 0 Å². The van der Waals surface area contributed by atoms with Gasteiger partial charge in [0.25, 0.3) is 5.82 Å². The second-order valence-electron chi connectivity index (χ2n) is 5.72. The summed E-state index contributed by atoms with van der Waals surface area (Å²) in [6.07, 6.45) is 2.44. The maximum absolute atomic E-state index is 12.5. The molecule has 0 bridgehead atoms. The van der Waals surface area contributed by atoms with E-state index in [1.165, 1.54) is 5.56 Å². The summed E-state index contributed by atoms with van der Waals surface area (Å²) in [5.74, 6) is 1.35. The summed E-state index contributed by atoms with van der Waals surface area (Å²) in [7, 11) is 0. The molecule has 1 fully saturated rings. The molecule has 1 aliphatic heterocycles. The van der Waals surface area contributed by atoms with E-state index in [9.17, 15) is 4.79 Å². The Morgan fingerprint density at radius 3 is 2.45 bits per heavy atom. The van der Waals surface area contributed by atoms with Gasteiger partial charge in [0.1, 0.15) is 13.1 Å². The van der Waals surface area contributed by atoms with Crippen molar-refractivity contribution in [3.05, 3.63) is 59.8 Å². The number of aromatic nitrogens is 1. The monoisotopic (exact) mass is 296 g/mol. The lowest BCUT2D eigenvalue weighted by atomic mass is 10.1. The predicted molar refractivity (Wildman–Crippen MR) is 86.7 cm³/mol. The lowest BCUT2D eigenvalue weighted by Gasteiger charge is -2.31. The summed E-state index contributed by atoms with van der Waals surface area (Å²) >= 11 is 0. The summed E-state index contributed by atoms with van der Waals surface area (Å²) in [4.78, 5) is 20.0. The molecule has 1 amide bonds. The third-order valence-corrected chi connectivity index (χ3v) is 4.27. The minimum absolute atomic E-state index is 0.228. The maximum Gasteiger partial charge on any atom is 0.274 e. The van der Waals surface area contributed by atoms with Crippen LogP contribution in [0.15, 0.2) is 48.7 Å². The van der Waals surface area contributed by atoms with Crippen LogP contribution < -0.4 is 9.88 Å². The number of carbonyl (C=O) groups excluding carboxylic acids is 1. The van der Waals surface area contributed by atoms with Crippen LogP contribution in [-0.4, -0.2) is 37.0 Å². The van der Waals surface area contributed by atoms with Crippen LogP contribution in [0.25, 0.3) is 0 Å². The standard InChI is InChI=1S/C18H21N3O/c1-15-6-2-3-7-16(15)14-18(22)21-12-10-20(11-13-21)17-8-4-5-9-19-17/h2-9H,10-14H2,1H3/p+1. The molecule has 0 radical (unpaired) electrons. The third-order valence-electron chi connectivity index (χ3n) is 4.27. The van der Waals surface area contributed by atoms with Crippen molar-refractivity contribution in [2.24, 2.45) is 0 Å². The number of amides is 1. The summed E-state index contributed by atoms with van der Waals surface area (Å²) in [6, 6.07) is 14.2. The fourth-order valence-corrected chi connectivity index (χ4v) is 2.86. The van der Waals surface area contributed by atoms with Gasteiger partial charge in [0, 0.05) is 6.07 Å². The molecular weight excluding hydrogens is 274 g/mol. The number of hydrogen-bond donors (Lipinski definition) is 0. The number of aromatic amines is 1. The minimum Gasteiger partial charge on any atom is -0.335 e. The fraction of sp³-hybridized carbons (Fsp3) is 0.333. The first-order valence-corrected chi connectivity index (χ1v) is 7.78. The molecule has 114 valence electrons. The molecule has 1 aromatic heterocycles. The van der Waals surface area contributed by atoms with Gasteiger partial charge < -0.3 is 4.90 Å². The lowest BCUT2D eigenvalue weighted by Crippen LogP contribution is -2.50. The molecule has 3 rings (SSSR count). The van der Waals surface area contributed by atoms with Crippen molar-refractivity contribution in [2.45, 2.75) is 13.3 Å². The SMILES string of the molecule is Cc1ccccc1CC(=O)N1CCN(c2cccc[nH+]2)CC1. The van der Waals surface area contributed by atoms with Crippen molar-refractivity contribution < 1.29 is 9.78 Å². The van der Waals surface area contributed by atoms with Crippen molar-refractivity contribution >= 4 is 11.7 Å². The van der Waals surface area contributed by atoms with Crippen molar-refractivity contribution in [3.63, 3.8) is 0 Å². The molecule has 4 heteroatoms. The van der Waals surface area contributed by atoms with Gasteiger partial charge in [-0.2, -0.15) is 0 Å². The Labute approximate surface area is 131 Å². The van der Waals surface area contributed by atoms with Gasteiger partial charge in [0.15, 0.2) is 0 Å². The Kier molecular flexibility index (Phi) is 4.37. The van der Waals surface area contributed by atoms with Crippen molar-refractivity contribution in [1.82, 2.24) is 4.90 Å². The number of aryl methyl sites for hydroxylation is 1. The van der Waals surface area contributed by atoms with Crippen LogP contribution in [-0.2, 0) is 11.2 Å². The lowest BCUT2D eigenvalue weighted by molar-refractivity contribution is -0.364. The smallest absolute Gasteiger partial charge is 0.274 e. The van der Waals surface area contributed by atoms with Gasteiger partial charge in [-0.15, -0.1) is 0 Å². The first-order chi connectivity index (χ1) is 10.7. The number of piperazine rings is 1. The minimum atomic E-state index is 0.228. The number of benzene rings is 1. The van der Waals surface area contributed by atoms with E-state index in [-0.39, 0.29) is 5.91 Å². The van der Waals surface area contributed by atoms with Crippen LogP contribution in [0.3, 0.4) is 0 Å². The number of carbonyl (C=O) groups is 1. The molecule has 0 saturated carbocycles. The van der Waals surface area contributed by atoms with Crippen molar-refractivity contribution in [3.8, 4) is 0 Å². The molecule has 2 heterocycles. The molecule has 1 N–H and O–H groups in total. The summed E-state index contributed by atoms with van der Waals surface area (Å²) < 4.78 is 0. The molecule has 1 aromatic carbocycles. The van der Waals surface area contributed by atoms with Gasteiger partial charge in [0.05, 0.1) is 25.7 Å². The van der Waals surface area contributed by atoms with E-state index in [1.807, 2.05) is 41.4 Å². The zero-order valence-electron chi connectivity index (χ0n) is 13.0. The average Bonchev–Trinajstić information content (AvgIpc) is 2.58. The van der Waals surface area contributed by atoms with E-state index in [4.69, 9.17) is 0 Å². The van der Waals surface area contributed by atoms with Crippen LogP contribution >= 0.6 is 0 Å². The number of rotatable bonds is 3. The summed E-state index contributed by atoms with van der Waals surface area (Å²) in [5, 5.41) is 0. The maximum atomic E-state index is 12.5. The van der Waals surface area contributed by atoms with Gasteiger partial charge in [0.2, 0.25) is 5.91 Å². The van der Waals surface area contributed by atoms with E-state index in [1.54, 1.807) is 0 Å². The molecule has 22 heavy (non-hydrogen) atoms. The number of nitrogens with one attached hydrogen (secondary N) is 1. The van der Waals surface area contributed by atoms with E-state index in [2.05, 4.69) is 28.9 Å². The van der Waals surface area contributed by atoms with Crippen LogP contribution in [0.4, 0.5) is 5.82 Å². The molecule has 0 atom stereocenters. The Balaban J connectivity index is 1.57. The predicted octanol–water partition coefficient (Wildman–Crippen LogP) is 1.70. The van der Waals surface area contributed by atoms with Crippen LogP contribution in [0.1, 0.15) is 11.1 Å². The molecule has 1 aliphatic rings. The molecule has 0 unspecified atom stereocenters. The highest BCUT2D eigenvalue weighted by molar-refractivity contribution is 5.79. The van der Waals surface area contributed by atoms with E-state index >= 15 is 0 Å².